The first kappa shape index (κ1) is 16.2. The summed E-state index contributed by atoms with van der Waals surface area (Å²) in [7, 11) is 2.41. The Morgan fingerprint density at radius 2 is 2.09 bits per heavy atom. The van der Waals surface area contributed by atoms with Crippen LogP contribution in [0.1, 0.15) is 12.0 Å². The Morgan fingerprint density at radius 1 is 1.30 bits per heavy atom. The quantitative estimate of drug-likeness (QED) is 0.607. The van der Waals surface area contributed by atoms with Crippen LogP contribution in [0.2, 0.25) is 0 Å². The minimum atomic E-state index is -0.712. The van der Waals surface area contributed by atoms with Crippen molar-refractivity contribution in [2.24, 2.45) is 5.10 Å². The molecule has 120 valence electrons. The van der Waals surface area contributed by atoms with Gasteiger partial charge in [-0.2, -0.15) is 5.10 Å². The van der Waals surface area contributed by atoms with Crippen LogP contribution >= 0.6 is 0 Å². The van der Waals surface area contributed by atoms with Crippen molar-refractivity contribution in [1.29, 1.82) is 0 Å². The van der Waals surface area contributed by atoms with Gasteiger partial charge in [0.2, 0.25) is 5.91 Å². The maximum absolute atomic E-state index is 11.7. The fourth-order valence-electron chi connectivity index (χ4n) is 1.89. The highest BCUT2D eigenvalue weighted by Gasteiger charge is 2.17. The van der Waals surface area contributed by atoms with Crippen LogP contribution in [0.3, 0.4) is 0 Å². The first-order chi connectivity index (χ1) is 11.0. The van der Waals surface area contributed by atoms with Crippen molar-refractivity contribution < 1.29 is 23.9 Å². The zero-order valence-electron chi connectivity index (χ0n) is 12.6. The molecule has 0 fully saturated rings. The van der Waals surface area contributed by atoms with Crippen molar-refractivity contribution in [3.05, 3.63) is 41.6 Å². The number of carbonyl (C=O) groups is 3. The molecule has 0 atom stereocenters. The van der Waals surface area contributed by atoms with Crippen molar-refractivity contribution >= 4 is 29.2 Å². The molecular formula is C15H15N3O5. The smallest absolute Gasteiger partial charge is 0.354 e. The van der Waals surface area contributed by atoms with Crippen molar-refractivity contribution in [2.45, 2.75) is 6.42 Å². The van der Waals surface area contributed by atoms with E-state index < -0.39 is 11.9 Å². The predicted octanol–water partition coefficient (Wildman–Crippen LogP) is 0.552. The van der Waals surface area contributed by atoms with E-state index in [0.29, 0.717) is 11.4 Å². The first-order valence-electron chi connectivity index (χ1n) is 6.64. The van der Waals surface area contributed by atoms with Crippen LogP contribution in [0, 0.1) is 0 Å². The number of ether oxygens (including phenoxy) is 2. The molecule has 2 rings (SSSR count). The van der Waals surface area contributed by atoms with Gasteiger partial charge < -0.3 is 14.8 Å². The Morgan fingerprint density at radius 3 is 2.70 bits per heavy atom. The number of amides is 1. The molecule has 8 heteroatoms. The minimum Gasteiger partial charge on any atom is -0.466 e. The summed E-state index contributed by atoms with van der Waals surface area (Å²) in [5.41, 5.74) is 4.14. The average Bonchev–Trinajstić information content (AvgIpc) is 3.00. The molecule has 1 heterocycles. The lowest BCUT2D eigenvalue weighted by atomic mass is 10.1. The molecule has 8 nitrogen and oxygen atoms in total. The van der Waals surface area contributed by atoms with Crippen LogP contribution in [0.5, 0.6) is 0 Å². The fraction of sp³-hybridized carbons (Fsp3) is 0.200. The van der Waals surface area contributed by atoms with Crippen LogP contribution in [0.15, 0.2) is 41.1 Å². The highest BCUT2D eigenvalue weighted by molar-refractivity contribution is 6.14. The number of nitrogens with zero attached hydrogens (tertiary/aromatic N) is 1. The lowest BCUT2D eigenvalue weighted by Crippen LogP contribution is -2.15. The van der Waals surface area contributed by atoms with Gasteiger partial charge in [0.15, 0.2) is 0 Å². The summed E-state index contributed by atoms with van der Waals surface area (Å²) in [6, 6.07) is 6.91. The van der Waals surface area contributed by atoms with Gasteiger partial charge in [-0.1, -0.05) is 12.1 Å². The molecule has 0 saturated heterocycles. The zero-order valence-corrected chi connectivity index (χ0v) is 12.6. The summed E-state index contributed by atoms with van der Waals surface area (Å²) < 4.78 is 9.12. The topological polar surface area (TPSA) is 106 Å². The molecule has 0 radical (unpaired) electrons. The van der Waals surface area contributed by atoms with Crippen molar-refractivity contribution in [2.75, 3.05) is 19.5 Å². The van der Waals surface area contributed by atoms with Gasteiger partial charge in [0.05, 0.1) is 32.4 Å². The van der Waals surface area contributed by atoms with E-state index in [1.807, 2.05) is 0 Å². The lowest BCUT2D eigenvalue weighted by molar-refractivity contribution is -0.138. The second-order valence-corrected chi connectivity index (χ2v) is 4.55. The van der Waals surface area contributed by atoms with E-state index in [2.05, 4.69) is 25.3 Å². The number of methoxy groups -OCH3 is 2. The fourth-order valence-corrected chi connectivity index (χ4v) is 1.89. The molecule has 0 bridgehead atoms. The molecule has 0 saturated carbocycles. The molecule has 0 aliphatic carbocycles. The van der Waals surface area contributed by atoms with Crippen molar-refractivity contribution in [3.8, 4) is 0 Å². The number of hydrogen-bond acceptors (Lipinski definition) is 7. The Kier molecular flexibility index (Phi) is 5.08. The van der Waals surface area contributed by atoms with Crippen LogP contribution in [0.4, 0.5) is 5.69 Å². The summed E-state index contributed by atoms with van der Waals surface area (Å²) in [4.78, 5) is 34.3. The van der Waals surface area contributed by atoms with Gasteiger partial charge in [0, 0.05) is 11.3 Å². The summed E-state index contributed by atoms with van der Waals surface area (Å²) >= 11 is 0. The zero-order chi connectivity index (χ0) is 16.8. The molecule has 2 N–H and O–H groups in total. The third kappa shape index (κ3) is 4.16. The number of benzene rings is 1. The maximum Gasteiger partial charge on any atom is 0.354 e. The van der Waals surface area contributed by atoms with Gasteiger partial charge in [-0.05, 0) is 12.1 Å². The van der Waals surface area contributed by atoms with E-state index in [1.54, 1.807) is 24.3 Å². The molecule has 1 aliphatic rings. The van der Waals surface area contributed by atoms with Crippen LogP contribution in [-0.4, -0.2) is 37.8 Å². The largest absolute Gasteiger partial charge is 0.466 e. The number of carbonyl (C=O) groups excluding carboxylic acids is 3. The average molecular weight is 317 g/mol. The molecule has 23 heavy (non-hydrogen) atoms. The first-order valence-corrected chi connectivity index (χ1v) is 6.64. The number of nitrogens with one attached hydrogen (secondary N) is 2. The van der Waals surface area contributed by atoms with E-state index >= 15 is 0 Å². The van der Waals surface area contributed by atoms with E-state index in [9.17, 15) is 14.4 Å². The lowest BCUT2D eigenvalue weighted by Gasteiger charge is -2.10. The van der Waals surface area contributed by atoms with Gasteiger partial charge >= 0.3 is 11.9 Å². The molecule has 0 aromatic heterocycles. The second kappa shape index (κ2) is 7.21. The monoisotopic (exact) mass is 317 g/mol. The van der Waals surface area contributed by atoms with Crippen molar-refractivity contribution in [3.63, 3.8) is 0 Å². The van der Waals surface area contributed by atoms with Crippen molar-refractivity contribution in [1.82, 2.24) is 5.43 Å². The van der Waals surface area contributed by atoms with E-state index in [-0.39, 0.29) is 18.0 Å². The molecule has 1 amide bonds. The summed E-state index contributed by atoms with van der Waals surface area (Å²) in [5, 5.41) is 6.72. The van der Waals surface area contributed by atoms with Gasteiger partial charge in [-0.3, -0.25) is 4.79 Å². The number of hydrogen-bond donors (Lipinski definition) is 2. The van der Waals surface area contributed by atoms with E-state index in [0.717, 1.165) is 11.6 Å². The van der Waals surface area contributed by atoms with Gasteiger partial charge in [-0.15, -0.1) is 0 Å². The standard InChI is InChI=1S/C15H15N3O5/c1-22-14(20)8-12(15(21)23-2)16-10-5-3-4-9(6-10)11-7-13(19)18-17-11/h3-6,8,16H,7H2,1-2H3,(H,18,19)/b12-8+. The molecule has 0 spiro atoms. The molecule has 0 unspecified atom stereocenters. The maximum atomic E-state index is 11.7. The highest BCUT2D eigenvalue weighted by Crippen LogP contribution is 2.17. The number of rotatable bonds is 5. The van der Waals surface area contributed by atoms with Gasteiger partial charge in [0.1, 0.15) is 5.70 Å². The highest BCUT2D eigenvalue weighted by atomic mass is 16.5. The van der Waals surface area contributed by atoms with Gasteiger partial charge in [0.25, 0.3) is 0 Å². The summed E-state index contributed by atoms with van der Waals surface area (Å²) in [6.45, 7) is 0. The van der Waals surface area contributed by atoms with Crippen LogP contribution in [0.25, 0.3) is 0 Å². The van der Waals surface area contributed by atoms with Crippen LogP contribution in [-0.2, 0) is 23.9 Å². The number of esters is 2. The van der Waals surface area contributed by atoms with Crippen LogP contribution < -0.4 is 10.7 Å². The van der Waals surface area contributed by atoms with E-state index in [1.165, 1.54) is 14.2 Å². The normalized spacial score (nSPS) is 13.9. The summed E-state index contributed by atoms with van der Waals surface area (Å²) in [5.74, 6) is -1.58. The predicted molar refractivity (Wildman–Crippen MR) is 81.5 cm³/mol. The third-order valence-electron chi connectivity index (χ3n) is 2.99. The molecular weight excluding hydrogens is 302 g/mol. The van der Waals surface area contributed by atoms with Gasteiger partial charge in [-0.25, -0.2) is 15.0 Å². The number of anilines is 1. The Balaban J connectivity index is 2.23. The second-order valence-electron chi connectivity index (χ2n) is 4.55. The molecule has 1 aliphatic heterocycles. The Bertz CT molecular complexity index is 709. The van der Waals surface area contributed by atoms with E-state index in [4.69, 9.17) is 0 Å². The Labute approximate surface area is 132 Å². The minimum absolute atomic E-state index is 0.0703. The Hall–Kier alpha value is -3.16. The SMILES string of the molecule is COC(=O)/C=C(/Nc1cccc(C2=NNC(=O)C2)c1)C(=O)OC. The molecule has 1 aromatic rings. The summed E-state index contributed by atoms with van der Waals surface area (Å²) in [6.07, 6.45) is 1.18. The molecule has 1 aromatic carbocycles. The third-order valence-corrected chi connectivity index (χ3v) is 2.99. The number of hydrazone groups is 1.